The van der Waals surface area contributed by atoms with Crippen LogP contribution in [0.25, 0.3) is 6.08 Å². The third-order valence-electron chi connectivity index (χ3n) is 14.0. The molecular formula is C55H63N3O16. The third kappa shape index (κ3) is 10.8. The van der Waals surface area contributed by atoms with Crippen LogP contribution in [0.4, 0.5) is 0 Å². The summed E-state index contributed by atoms with van der Waals surface area (Å²) in [6.07, 6.45) is -7.04. The van der Waals surface area contributed by atoms with E-state index in [1.54, 1.807) is 57.2 Å². The van der Waals surface area contributed by atoms with E-state index in [0.29, 0.717) is 16.7 Å². The van der Waals surface area contributed by atoms with Gasteiger partial charge >= 0.3 is 11.9 Å². The highest BCUT2D eigenvalue weighted by atomic mass is 16.8. The SMILES string of the molecule is CC(C)(C)OC(=O)CCC(CO)NC(=O)c1cccc(CNC(=O)C23CC4OC(=O)C2N(Cc2ccc(C=CCOC5OC(CO)C(O)C(O)C5O)cc2)OC3C2OC(c3ccccc3)(c3ccccc3)OC42)c1. The minimum atomic E-state index is -1.56. The van der Waals surface area contributed by atoms with Crippen molar-refractivity contribution in [2.45, 2.75) is 132 Å². The molecule has 4 aromatic carbocycles. The van der Waals surface area contributed by atoms with Gasteiger partial charge in [-0.1, -0.05) is 109 Å². The Kier molecular flexibility index (Phi) is 15.8. The molecule has 19 nitrogen and oxygen atoms in total. The number of hydrogen-bond donors (Lipinski definition) is 7. The molecule has 12 unspecified atom stereocenters. The first kappa shape index (κ1) is 52.9. The molecule has 1 saturated carbocycles. The topological polar surface area (TPSA) is 261 Å². The van der Waals surface area contributed by atoms with E-state index in [4.69, 9.17) is 33.3 Å². The molecule has 1 aliphatic carbocycles. The van der Waals surface area contributed by atoms with Crippen LogP contribution in [-0.4, -0.2) is 147 Å². The number of carbonyl (C=O) groups excluding carboxylic acids is 4. The number of hydrogen-bond acceptors (Lipinski definition) is 17. The summed E-state index contributed by atoms with van der Waals surface area (Å²) >= 11 is 0. The van der Waals surface area contributed by atoms with E-state index >= 15 is 4.79 Å². The van der Waals surface area contributed by atoms with Crippen LogP contribution >= 0.6 is 0 Å². The van der Waals surface area contributed by atoms with Crippen LogP contribution in [0.5, 0.6) is 0 Å². The molecule has 2 bridgehead atoms. The van der Waals surface area contributed by atoms with Crippen molar-refractivity contribution >= 4 is 29.8 Å². The third-order valence-corrected chi connectivity index (χ3v) is 14.0. The molecule has 5 aliphatic rings. The van der Waals surface area contributed by atoms with Crippen LogP contribution in [0.15, 0.2) is 115 Å². The molecule has 0 aromatic heterocycles. The summed E-state index contributed by atoms with van der Waals surface area (Å²) in [5.74, 6) is -3.54. The Morgan fingerprint density at radius 2 is 1.54 bits per heavy atom. The fourth-order valence-electron chi connectivity index (χ4n) is 10.5. The van der Waals surface area contributed by atoms with Crippen molar-refractivity contribution in [2.24, 2.45) is 5.41 Å². The van der Waals surface area contributed by atoms with Gasteiger partial charge in [0, 0.05) is 36.1 Å². The zero-order valence-electron chi connectivity index (χ0n) is 41.2. The maximum absolute atomic E-state index is 15.2. The molecule has 19 heteroatoms. The lowest BCUT2D eigenvalue weighted by atomic mass is 9.62. The second kappa shape index (κ2) is 22.1. The van der Waals surface area contributed by atoms with Crippen molar-refractivity contribution in [3.63, 3.8) is 0 Å². The second-order valence-electron chi connectivity index (χ2n) is 20.3. The largest absolute Gasteiger partial charge is 0.460 e. The average molecular weight is 1020 g/mol. The summed E-state index contributed by atoms with van der Waals surface area (Å²) in [6.45, 7) is 4.30. The minimum Gasteiger partial charge on any atom is -0.460 e. The van der Waals surface area contributed by atoms with Crippen molar-refractivity contribution in [2.75, 3.05) is 19.8 Å². The van der Waals surface area contributed by atoms with Gasteiger partial charge < -0.3 is 64.6 Å². The van der Waals surface area contributed by atoms with Crippen molar-refractivity contribution in [3.05, 3.63) is 149 Å². The number of nitrogens with one attached hydrogen (secondary N) is 2. The number of fused-ring (bicyclic) bond motifs is 4. The van der Waals surface area contributed by atoms with Crippen LogP contribution in [0, 0.1) is 5.41 Å². The van der Waals surface area contributed by atoms with E-state index in [2.05, 4.69) is 10.6 Å². The maximum atomic E-state index is 15.2. The highest BCUT2D eigenvalue weighted by molar-refractivity contribution is 5.95. The molecule has 4 aliphatic heterocycles. The molecule has 2 amide bonds. The normalized spacial score (nSPS) is 29.5. The number of hydroxylamine groups is 2. The molecule has 12 atom stereocenters. The number of carbonyl (C=O) groups is 4. The van der Waals surface area contributed by atoms with Gasteiger partial charge in [0.05, 0.1) is 32.4 Å². The smallest absolute Gasteiger partial charge is 0.327 e. The van der Waals surface area contributed by atoms with E-state index < -0.39 is 121 Å². The molecule has 74 heavy (non-hydrogen) atoms. The van der Waals surface area contributed by atoms with E-state index in [1.165, 1.54) is 5.06 Å². The zero-order chi connectivity index (χ0) is 52.4. The number of rotatable bonds is 18. The molecule has 0 radical (unpaired) electrons. The van der Waals surface area contributed by atoms with Gasteiger partial charge in [0.25, 0.3) is 5.91 Å². The first-order valence-electron chi connectivity index (χ1n) is 24.8. The number of ether oxygens (including phenoxy) is 6. The fraction of sp³-hybridized carbons (Fsp3) is 0.455. The summed E-state index contributed by atoms with van der Waals surface area (Å²) in [7, 11) is 0. The van der Waals surface area contributed by atoms with Gasteiger partial charge in [-0.05, 0) is 56.0 Å². The molecule has 7 N–H and O–H groups in total. The van der Waals surface area contributed by atoms with Crippen molar-refractivity contribution in [1.82, 2.24) is 15.7 Å². The van der Waals surface area contributed by atoms with Crippen LogP contribution in [-0.2, 0) is 66.5 Å². The molecular weight excluding hydrogens is 959 g/mol. The standard InChI is InChI=1S/C55H63N3O16/c1-53(2,3)71-41(61)24-23-38(30-59)57-49(65)35-14-10-12-34(26-35)28-56-52(67)54-27-39-45-46(73-55(72-45,36-15-6-4-7-16-36)37-17-8-5-9-18-37)48(54)74-58(47(54)50(66)69-39)29-33-21-19-32(20-22-33)13-11-25-68-51-44(64)43(63)42(62)40(31-60)70-51/h4-22,26,38-40,42-48,51,59-60,62-64H,23-25,27-31H2,1-3H3,(H,56,67)(H,57,65). The van der Waals surface area contributed by atoms with E-state index in [-0.39, 0.29) is 44.5 Å². The Hall–Kier alpha value is -5.94. The number of esters is 2. The monoisotopic (exact) mass is 1020 g/mol. The number of benzene rings is 4. The van der Waals surface area contributed by atoms with Crippen molar-refractivity contribution in [1.29, 1.82) is 0 Å². The number of aliphatic hydroxyl groups is 5. The van der Waals surface area contributed by atoms with E-state index in [0.717, 1.165) is 11.1 Å². The van der Waals surface area contributed by atoms with Crippen LogP contribution in [0.1, 0.15) is 78.2 Å². The van der Waals surface area contributed by atoms with Crippen LogP contribution in [0.2, 0.25) is 0 Å². The summed E-state index contributed by atoms with van der Waals surface area (Å²) in [4.78, 5) is 62.4. The lowest BCUT2D eigenvalue weighted by Gasteiger charge is -2.48. The first-order valence-corrected chi connectivity index (χ1v) is 24.8. The van der Waals surface area contributed by atoms with Gasteiger partial charge in [-0.2, -0.15) is 5.06 Å². The Labute approximate surface area is 427 Å². The zero-order valence-corrected chi connectivity index (χ0v) is 41.2. The average Bonchev–Trinajstić information content (AvgIpc) is 4.03. The Bertz CT molecular complexity index is 2610. The Balaban J connectivity index is 0.944. The molecule has 5 fully saturated rings. The van der Waals surface area contributed by atoms with E-state index in [9.17, 15) is 39.9 Å². The molecule has 4 heterocycles. The number of nitrogens with zero attached hydrogens (tertiary/aromatic N) is 1. The maximum Gasteiger partial charge on any atom is 0.327 e. The molecule has 4 saturated heterocycles. The predicted molar refractivity (Wildman–Crippen MR) is 261 cm³/mol. The summed E-state index contributed by atoms with van der Waals surface area (Å²) in [6, 6.07) is 30.9. The van der Waals surface area contributed by atoms with Crippen LogP contribution in [0.3, 0.4) is 0 Å². The highest BCUT2D eigenvalue weighted by Gasteiger charge is 2.76. The first-order chi connectivity index (χ1) is 35.5. The van der Waals surface area contributed by atoms with E-state index in [1.807, 2.05) is 84.9 Å². The van der Waals surface area contributed by atoms with Gasteiger partial charge in [-0.15, -0.1) is 0 Å². The number of aliphatic hydroxyl groups excluding tert-OH is 5. The van der Waals surface area contributed by atoms with Crippen molar-refractivity contribution in [3.8, 4) is 0 Å². The van der Waals surface area contributed by atoms with Gasteiger partial charge in [0.1, 0.15) is 59.8 Å². The lowest BCUT2D eigenvalue weighted by molar-refractivity contribution is -0.298. The summed E-state index contributed by atoms with van der Waals surface area (Å²) < 4.78 is 36.7. The second-order valence-corrected chi connectivity index (χ2v) is 20.3. The molecule has 394 valence electrons. The summed E-state index contributed by atoms with van der Waals surface area (Å²) in [5, 5.41) is 57.4. The van der Waals surface area contributed by atoms with Gasteiger partial charge in [-0.25, -0.2) is 0 Å². The van der Waals surface area contributed by atoms with Gasteiger partial charge in [0.15, 0.2) is 12.3 Å². The fourth-order valence-corrected chi connectivity index (χ4v) is 10.5. The summed E-state index contributed by atoms with van der Waals surface area (Å²) in [5.41, 5.74) is 1.50. The predicted octanol–water partition coefficient (Wildman–Crippen LogP) is 2.53. The lowest BCUT2D eigenvalue weighted by Crippen LogP contribution is -2.69. The minimum absolute atomic E-state index is 0.00594. The highest BCUT2D eigenvalue weighted by Crippen LogP contribution is 2.59. The quantitative estimate of drug-likeness (QED) is 0.0707. The Morgan fingerprint density at radius 3 is 2.20 bits per heavy atom. The van der Waals surface area contributed by atoms with Gasteiger partial charge in [-0.3, -0.25) is 24.0 Å². The van der Waals surface area contributed by atoms with Crippen LogP contribution < -0.4 is 10.6 Å². The molecule has 4 aromatic rings. The molecule has 9 rings (SSSR count). The molecule has 0 spiro atoms. The Morgan fingerprint density at radius 1 is 0.851 bits per heavy atom. The van der Waals surface area contributed by atoms with Gasteiger partial charge in [0.2, 0.25) is 11.7 Å². The number of amides is 2. The van der Waals surface area contributed by atoms with Crippen molar-refractivity contribution < 1.29 is 78.0 Å².